The van der Waals surface area contributed by atoms with Crippen molar-refractivity contribution in [1.29, 1.82) is 0 Å². The first-order valence-corrected chi connectivity index (χ1v) is 9.38. The number of ether oxygens (including phenoxy) is 2. The molecule has 6 nitrogen and oxygen atoms in total. The maximum Gasteiger partial charge on any atom is 0.350 e. The Bertz CT molecular complexity index is 868. The van der Waals surface area contributed by atoms with Crippen molar-refractivity contribution in [2.24, 2.45) is 0 Å². The minimum atomic E-state index is -1.82. The Morgan fingerprint density at radius 3 is 2.04 bits per heavy atom. The van der Waals surface area contributed by atoms with Gasteiger partial charge in [0.2, 0.25) is 0 Å². The van der Waals surface area contributed by atoms with Crippen LogP contribution >= 0.6 is 0 Å². The normalized spacial score (nSPS) is 17.6. The number of nitrogens with one attached hydrogen (secondary N) is 1. The smallest absolute Gasteiger partial charge is 0.350 e. The zero-order valence-electron chi connectivity index (χ0n) is 15.9. The van der Waals surface area contributed by atoms with Gasteiger partial charge in [0, 0.05) is 32.0 Å². The van der Waals surface area contributed by atoms with E-state index in [-0.39, 0.29) is 11.3 Å². The van der Waals surface area contributed by atoms with Gasteiger partial charge in [-0.3, -0.25) is 0 Å². The number of hydrogen-bond donors (Lipinski definition) is 1. The van der Waals surface area contributed by atoms with Crippen LogP contribution in [0.25, 0.3) is 0 Å². The summed E-state index contributed by atoms with van der Waals surface area (Å²) in [4.78, 5) is 24.7. The van der Waals surface area contributed by atoms with Gasteiger partial charge in [-0.1, -0.05) is 0 Å². The first-order valence-electron chi connectivity index (χ1n) is 8.23. The lowest BCUT2D eigenvalue weighted by atomic mass is 10.0. The number of carbonyl (C=O) groups excluding carboxylic acids is 2. The fourth-order valence-corrected chi connectivity index (χ4v) is 2.93. The van der Waals surface area contributed by atoms with Crippen molar-refractivity contribution in [3.63, 3.8) is 0 Å². The van der Waals surface area contributed by atoms with Gasteiger partial charge >= 0.3 is 11.9 Å². The molecule has 28 heavy (non-hydrogen) atoms. The summed E-state index contributed by atoms with van der Waals surface area (Å²) in [6.07, 6.45) is -0.551. The van der Waals surface area contributed by atoms with Crippen molar-refractivity contribution >= 4 is 22.9 Å². The Morgan fingerprint density at radius 1 is 1.04 bits per heavy atom. The van der Waals surface area contributed by atoms with Crippen molar-refractivity contribution in [3.05, 3.63) is 46.4 Å². The van der Waals surface area contributed by atoms with Crippen LogP contribution in [0.5, 0.6) is 0 Å². The minimum absolute atomic E-state index is 0.288. The molecule has 154 valence electrons. The summed E-state index contributed by atoms with van der Waals surface area (Å²) in [5, 5.41) is 0. The van der Waals surface area contributed by atoms with E-state index in [2.05, 4.69) is 4.72 Å². The highest BCUT2D eigenvalue weighted by Gasteiger charge is 2.41. The number of benzene rings is 1. The van der Waals surface area contributed by atoms with Crippen LogP contribution in [-0.4, -0.2) is 26.7 Å². The highest BCUT2D eigenvalue weighted by atomic mass is 32.2. The molecule has 1 fully saturated rings. The van der Waals surface area contributed by atoms with Crippen LogP contribution in [0, 0.1) is 17.5 Å². The third-order valence-electron chi connectivity index (χ3n) is 3.62. The van der Waals surface area contributed by atoms with Gasteiger partial charge in [0.05, 0.1) is 4.75 Å². The molecule has 1 aromatic rings. The quantitative estimate of drug-likeness (QED) is 0.351. The standard InChI is InChI=1S/C18H20F3NO5S/c1-17(2,3)28(25)22-13(7-9-6-11(20)12(21)8-10(9)19)14-15(23)26-18(4,5)27-16(14)24/h6,8,22H,7H2,1-5H3/t28-/m1/s1. The SMILES string of the molecule is CC1(C)OC(=O)C(=C(Cc2cc(F)c(F)cc2F)N[S@](=O)C(C)(C)C)C(=O)O1. The average molecular weight is 419 g/mol. The van der Waals surface area contributed by atoms with Crippen LogP contribution in [0.3, 0.4) is 0 Å². The van der Waals surface area contributed by atoms with Gasteiger partial charge < -0.3 is 14.2 Å². The number of halogens is 3. The number of rotatable bonds is 4. The third-order valence-corrected chi connectivity index (χ3v) is 5.16. The van der Waals surface area contributed by atoms with E-state index in [0.29, 0.717) is 12.1 Å². The predicted molar refractivity (Wildman–Crippen MR) is 94.3 cm³/mol. The van der Waals surface area contributed by atoms with E-state index in [0.717, 1.165) is 0 Å². The van der Waals surface area contributed by atoms with Crippen LogP contribution in [0.2, 0.25) is 0 Å². The van der Waals surface area contributed by atoms with Gasteiger partial charge in [-0.15, -0.1) is 0 Å². The molecule has 1 saturated heterocycles. The fraction of sp³-hybridized carbons (Fsp3) is 0.444. The molecule has 0 aliphatic carbocycles. The zero-order valence-corrected chi connectivity index (χ0v) is 16.8. The predicted octanol–water partition coefficient (Wildman–Crippen LogP) is 2.79. The largest absolute Gasteiger partial charge is 0.419 e. The van der Waals surface area contributed by atoms with E-state index in [9.17, 15) is 27.0 Å². The molecule has 0 spiro atoms. The van der Waals surface area contributed by atoms with E-state index in [1.54, 1.807) is 20.8 Å². The number of carbonyl (C=O) groups is 2. The molecule has 2 rings (SSSR count). The Labute approximate surface area is 162 Å². The summed E-state index contributed by atoms with van der Waals surface area (Å²) >= 11 is 0. The first-order chi connectivity index (χ1) is 12.7. The van der Waals surface area contributed by atoms with Gasteiger partial charge in [-0.2, -0.15) is 0 Å². The van der Waals surface area contributed by atoms with Crippen molar-refractivity contribution in [2.45, 2.75) is 51.6 Å². The van der Waals surface area contributed by atoms with Crippen molar-refractivity contribution < 1.29 is 36.4 Å². The molecule has 0 saturated carbocycles. The summed E-state index contributed by atoms with van der Waals surface area (Å²) < 4.78 is 65.0. The lowest BCUT2D eigenvalue weighted by Crippen LogP contribution is -2.44. The van der Waals surface area contributed by atoms with E-state index in [1.807, 2.05) is 0 Å². The van der Waals surface area contributed by atoms with Gasteiger partial charge in [0.1, 0.15) is 16.8 Å². The molecular weight excluding hydrogens is 399 g/mol. The number of allylic oxidation sites excluding steroid dienone is 1. The number of hydrogen-bond acceptors (Lipinski definition) is 5. The van der Waals surface area contributed by atoms with Crippen LogP contribution in [-0.2, 0) is 36.5 Å². The monoisotopic (exact) mass is 419 g/mol. The molecule has 1 N–H and O–H groups in total. The first kappa shape index (κ1) is 21.9. The number of esters is 2. The molecule has 0 unspecified atom stereocenters. The Balaban J connectivity index is 2.55. The van der Waals surface area contributed by atoms with E-state index >= 15 is 0 Å². The fourth-order valence-electron chi connectivity index (χ4n) is 2.23. The molecule has 1 aliphatic heterocycles. The van der Waals surface area contributed by atoms with E-state index < -0.39 is 62.9 Å². The molecular formula is C18H20F3NO5S. The number of cyclic esters (lactones) is 2. The maximum atomic E-state index is 14.1. The summed E-state index contributed by atoms with van der Waals surface area (Å²) in [7, 11) is -1.82. The Kier molecular flexibility index (Phi) is 5.93. The molecule has 1 aliphatic rings. The highest BCUT2D eigenvalue weighted by molar-refractivity contribution is 7.84. The molecule has 1 heterocycles. The third kappa shape index (κ3) is 4.92. The Hall–Kier alpha value is -2.36. The summed E-state index contributed by atoms with van der Waals surface area (Å²) in [6.45, 7) is 7.55. The molecule has 1 atom stereocenters. The second kappa shape index (κ2) is 7.57. The van der Waals surface area contributed by atoms with Crippen LogP contribution in [0.4, 0.5) is 13.2 Å². The summed E-state index contributed by atoms with van der Waals surface area (Å²) in [5.74, 6) is -7.46. The van der Waals surface area contributed by atoms with Gasteiger partial charge in [0.15, 0.2) is 17.2 Å². The topological polar surface area (TPSA) is 81.7 Å². The molecule has 1 aromatic carbocycles. The van der Waals surface area contributed by atoms with Crippen LogP contribution in [0.1, 0.15) is 40.2 Å². The zero-order chi connectivity index (χ0) is 21.4. The second-order valence-electron chi connectivity index (χ2n) is 7.55. The molecule has 0 aromatic heterocycles. The van der Waals surface area contributed by atoms with Crippen molar-refractivity contribution in [3.8, 4) is 0 Å². The van der Waals surface area contributed by atoms with Crippen LogP contribution in [0.15, 0.2) is 23.4 Å². The molecule has 10 heteroatoms. The molecule has 0 amide bonds. The van der Waals surface area contributed by atoms with Gasteiger partial charge in [-0.05, 0) is 32.4 Å². The van der Waals surface area contributed by atoms with Gasteiger partial charge in [-0.25, -0.2) is 27.0 Å². The van der Waals surface area contributed by atoms with Crippen molar-refractivity contribution in [1.82, 2.24) is 4.72 Å². The summed E-state index contributed by atoms with van der Waals surface area (Å²) in [5.41, 5.74) is -1.27. The second-order valence-corrected chi connectivity index (χ2v) is 9.52. The summed E-state index contributed by atoms with van der Waals surface area (Å²) in [6, 6.07) is 0.935. The molecule has 0 radical (unpaired) electrons. The maximum absolute atomic E-state index is 14.1. The van der Waals surface area contributed by atoms with E-state index in [4.69, 9.17) is 9.47 Å². The average Bonchev–Trinajstić information content (AvgIpc) is 2.49. The van der Waals surface area contributed by atoms with Crippen molar-refractivity contribution in [2.75, 3.05) is 0 Å². The highest BCUT2D eigenvalue weighted by Crippen LogP contribution is 2.27. The van der Waals surface area contributed by atoms with Crippen LogP contribution < -0.4 is 4.72 Å². The lowest BCUT2D eigenvalue weighted by molar-refractivity contribution is -0.222. The van der Waals surface area contributed by atoms with Gasteiger partial charge in [0.25, 0.3) is 5.79 Å². The van der Waals surface area contributed by atoms with E-state index in [1.165, 1.54) is 13.8 Å². The lowest BCUT2D eigenvalue weighted by Gasteiger charge is -2.31. The molecule has 0 bridgehead atoms. The minimum Gasteiger partial charge on any atom is -0.419 e. The Morgan fingerprint density at radius 2 is 1.54 bits per heavy atom.